The molecule has 1 saturated heterocycles. The van der Waals surface area contributed by atoms with Gasteiger partial charge in [0.1, 0.15) is 18.1 Å². The minimum atomic E-state index is -1.34. The van der Waals surface area contributed by atoms with Crippen molar-refractivity contribution in [3.63, 3.8) is 0 Å². The molecule has 1 rings (SSSR count). The number of aliphatic carboxylic acids is 1. The number of carboxylic acid groups (broad SMARTS) is 1. The van der Waals surface area contributed by atoms with Gasteiger partial charge >= 0.3 is 5.97 Å². The second kappa shape index (κ2) is 11.7. The predicted molar refractivity (Wildman–Crippen MR) is 111 cm³/mol. The first kappa shape index (κ1) is 25.7. The summed E-state index contributed by atoms with van der Waals surface area (Å²) in [5.74, 6) is -4.17. The summed E-state index contributed by atoms with van der Waals surface area (Å²) in [6, 6.07) is -4.29. The van der Waals surface area contributed by atoms with Gasteiger partial charge in [0.05, 0.1) is 12.5 Å². The van der Waals surface area contributed by atoms with Gasteiger partial charge in [-0.25, -0.2) is 4.79 Å². The van der Waals surface area contributed by atoms with E-state index in [9.17, 15) is 29.1 Å². The van der Waals surface area contributed by atoms with Crippen molar-refractivity contribution in [3.8, 4) is 0 Å². The molecule has 0 aliphatic carbocycles. The Hall–Kier alpha value is -2.34. The quantitative estimate of drug-likeness (QED) is 0.203. The van der Waals surface area contributed by atoms with Crippen LogP contribution in [0.4, 0.5) is 0 Å². The van der Waals surface area contributed by atoms with Gasteiger partial charge in [-0.3, -0.25) is 19.2 Å². The average molecular weight is 446 g/mol. The summed E-state index contributed by atoms with van der Waals surface area (Å²) in [7, 11) is 0. The highest BCUT2D eigenvalue weighted by molar-refractivity contribution is 7.80. The molecular formula is C18H31N5O6S. The summed E-state index contributed by atoms with van der Waals surface area (Å²) in [5.41, 5.74) is 10.9. The number of amides is 4. The molecule has 0 bridgehead atoms. The molecule has 0 saturated carbocycles. The fourth-order valence-electron chi connectivity index (χ4n) is 3.20. The minimum Gasteiger partial charge on any atom is -0.480 e. The maximum absolute atomic E-state index is 12.9. The molecular weight excluding hydrogens is 414 g/mol. The number of nitrogens with zero attached hydrogens (tertiary/aromatic N) is 1. The topological polar surface area (TPSA) is 185 Å². The summed E-state index contributed by atoms with van der Waals surface area (Å²) < 4.78 is 0. The van der Waals surface area contributed by atoms with Crippen LogP contribution in [0, 0.1) is 5.92 Å². The molecule has 1 aliphatic heterocycles. The molecule has 7 N–H and O–H groups in total. The molecule has 12 heteroatoms. The number of thiol groups is 1. The van der Waals surface area contributed by atoms with Crippen molar-refractivity contribution >= 4 is 42.2 Å². The van der Waals surface area contributed by atoms with Crippen LogP contribution in [-0.4, -0.2) is 76.1 Å². The van der Waals surface area contributed by atoms with Crippen molar-refractivity contribution in [2.24, 2.45) is 17.4 Å². The largest absolute Gasteiger partial charge is 0.480 e. The van der Waals surface area contributed by atoms with Gasteiger partial charge in [-0.1, -0.05) is 20.3 Å². The molecule has 0 aromatic rings. The molecule has 5 unspecified atom stereocenters. The molecule has 0 spiro atoms. The normalized spacial score (nSPS) is 20.0. The third-order valence-electron chi connectivity index (χ3n) is 5.17. The lowest BCUT2D eigenvalue weighted by atomic mass is 9.97. The summed E-state index contributed by atoms with van der Waals surface area (Å²) >= 11 is 3.96. The van der Waals surface area contributed by atoms with E-state index in [4.69, 9.17) is 11.5 Å². The summed E-state index contributed by atoms with van der Waals surface area (Å²) in [4.78, 5) is 61.9. The van der Waals surface area contributed by atoms with Gasteiger partial charge in [-0.05, 0) is 18.8 Å². The SMILES string of the molecule is CCC(C)C(NC(=O)C(N)CS)C(=O)NC(CC(N)=O)C(=O)N1CCCC1C(=O)O. The molecule has 170 valence electrons. The Bertz CT molecular complexity index is 675. The summed E-state index contributed by atoms with van der Waals surface area (Å²) in [6.07, 6.45) is 0.819. The number of primary amides is 1. The van der Waals surface area contributed by atoms with E-state index in [2.05, 4.69) is 23.3 Å². The van der Waals surface area contributed by atoms with Crippen LogP contribution in [0.15, 0.2) is 0 Å². The number of carbonyl (C=O) groups is 5. The fourth-order valence-corrected chi connectivity index (χ4v) is 3.36. The molecule has 5 atom stereocenters. The second-order valence-corrected chi connectivity index (χ2v) is 7.79. The first-order valence-electron chi connectivity index (χ1n) is 9.82. The third kappa shape index (κ3) is 6.87. The van der Waals surface area contributed by atoms with E-state index in [1.165, 1.54) is 0 Å². The Morgan fingerprint density at radius 1 is 1.20 bits per heavy atom. The molecule has 1 fully saturated rings. The molecule has 1 aliphatic rings. The number of hydrogen-bond donors (Lipinski definition) is 6. The zero-order valence-electron chi connectivity index (χ0n) is 17.2. The second-order valence-electron chi connectivity index (χ2n) is 7.42. The average Bonchev–Trinajstić information content (AvgIpc) is 3.19. The van der Waals surface area contributed by atoms with Gasteiger partial charge in [0, 0.05) is 12.3 Å². The van der Waals surface area contributed by atoms with E-state index in [1.807, 2.05) is 6.92 Å². The van der Waals surface area contributed by atoms with Crippen LogP contribution in [0.3, 0.4) is 0 Å². The van der Waals surface area contributed by atoms with Crippen molar-refractivity contribution in [1.82, 2.24) is 15.5 Å². The minimum absolute atomic E-state index is 0.0784. The monoisotopic (exact) mass is 445 g/mol. The number of rotatable bonds is 11. The third-order valence-corrected chi connectivity index (χ3v) is 5.56. The number of hydrogen-bond acceptors (Lipinski definition) is 7. The van der Waals surface area contributed by atoms with Gasteiger partial charge < -0.3 is 32.1 Å². The zero-order valence-corrected chi connectivity index (χ0v) is 18.1. The van der Waals surface area contributed by atoms with Crippen molar-refractivity contribution in [1.29, 1.82) is 0 Å². The first-order valence-corrected chi connectivity index (χ1v) is 10.4. The zero-order chi connectivity index (χ0) is 23.0. The van der Waals surface area contributed by atoms with Crippen molar-refractivity contribution in [2.75, 3.05) is 12.3 Å². The van der Waals surface area contributed by atoms with Crippen LogP contribution in [0.5, 0.6) is 0 Å². The van der Waals surface area contributed by atoms with E-state index in [0.29, 0.717) is 12.8 Å². The predicted octanol–water partition coefficient (Wildman–Crippen LogP) is -1.79. The van der Waals surface area contributed by atoms with Gasteiger partial charge in [0.25, 0.3) is 0 Å². The van der Waals surface area contributed by atoms with Crippen molar-refractivity contribution in [3.05, 3.63) is 0 Å². The number of carboxylic acids is 1. The number of carbonyl (C=O) groups excluding carboxylic acids is 4. The highest BCUT2D eigenvalue weighted by Crippen LogP contribution is 2.19. The summed E-state index contributed by atoms with van der Waals surface area (Å²) in [6.45, 7) is 3.76. The molecule has 4 amide bonds. The van der Waals surface area contributed by atoms with Crippen molar-refractivity contribution < 1.29 is 29.1 Å². The van der Waals surface area contributed by atoms with Crippen LogP contribution in [-0.2, 0) is 24.0 Å². The van der Waals surface area contributed by atoms with Crippen LogP contribution in [0.25, 0.3) is 0 Å². The maximum Gasteiger partial charge on any atom is 0.326 e. The Morgan fingerprint density at radius 2 is 1.83 bits per heavy atom. The Labute approximate surface area is 180 Å². The molecule has 0 aromatic carbocycles. The van der Waals surface area contributed by atoms with Crippen LogP contribution >= 0.6 is 12.6 Å². The smallest absolute Gasteiger partial charge is 0.326 e. The van der Waals surface area contributed by atoms with Crippen molar-refractivity contribution in [2.45, 2.75) is 63.7 Å². The molecule has 30 heavy (non-hydrogen) atoms. The lowest BCUT2D eigenvalue weighted by Gasteiger charge is -2.30. The van der Waals surface area contributed by atoms with Crippen LogP contribution < -0.4 is 22.1 Å². The van der Waals surface area contributed by atoms with Crippen LogP contribution in [0.2, 0.25) is 0 Å². The maximum atomic E-state index is 12.9. The standard InChI is InChI=1S/C18H31N5O6S/c1-3-9(2)14(22-15(25)10(19)8-30)16(26)21-11(7-13(20)24)17(27)23-6-4-5-12(23)18(28)29/h9-12,14,30H,3-8,19H2,1-2H3,(H2,20,24)(H,21,26)(H,22,25)(H,28,29). The van der Waals surface area contributed by atoms with E-state index in [1.54, 1.807) is 6.92 Å². The lowest BCUT2D eigenvalue weighted by Crippen LogP contribution is -2.59. The van der Waals surface area contributed by atoms with E-state index in [-0.39, 0.29) is 24.6 Å². The Kier molecular flexibility index (Phi) is 10.1. The number of nitrogens with two attached hydrogens (primary N) is 2. The van der Waals surface area contributed by atoms with Gasteiger partial charge in [-0.2, -0.15) is 12.6 Å². The molecule has 0 radical (unpaired) electrons. The highest BCUT2D eigenvalue weighted by atomic mass is 32.1. The first-order chi connectivity index (χ1) is 14.0. The van der Waals surface area contributed by atoms with Gasteiger partial charge in [0.2, 0.25) is 23.6 Å². The fraction of sp³-hybridized carbons (Fsp3) is 0.722. The highest BCUT2D eigenvalue weighted by Gasteiger charge is 2.39. The summed E-state index contributed by atoms with van der Waals surface area (Å²) in [5, 5.41) is 14.3. The van der Waals surface area contributed by atoms with Crippen LogP contribution in [0.1, 0.15) is 39.5 Å². The molecule has 1 heterocycles. The molecule has 11 nitrogen and oxygen atoms in total. The lowest BCUT2D eigenvalue weighted by molar-refractivity contribution is -0.149. The molecule has 0 aromatic heterocycles. The Balaban J connectivity index is 3.03. The number of likely N-dealkylation sites (tertiary alicyclic amines) is 1. The van der Waals surface area contributed by atoms with E-state index >= 15 is 0 Å². The number of nitrogens with one attached hydrogen (secondary N) is 2. The van der Waals surface area contributed by atoms with Gasteiger partial charge in [0.15, 0.2) is 0 Å². The Morgan fingerprint density at radius 3 is 2.33 bits per heavy atom. The van der Waals surface area contributed by atoms with Gasteiger partial charge in [-0.15, -0.1) is 0 Å². The van der Waals surface area contributed by atoms with E-state index in [0.717, 1.165) is 4.90 Å². The van der Waals surface area contributed by atoms with E-state index < -0.39 is 60.2 Å².